The van der Waals surface area contributed by atoms with Crippen molar-refractivity contribution < 1.29 is 14.3 Å². The molecule has 1 aliphatic heterocycles. The van der Waals surface area contributed by atoms with E-state index in [4.69, 9.17) is 5.11 Å². The highest BCUT2D eigenvalue weighted by Gasteiger charge is 2.26. The molecule has 0 bridgehead atoms. The molecule has 0 aliphatic carbocycles. The van der Waals surface area contributed by atoms with E-state index in [9.17, 15) is 9.18 Å². The second-order valence-corrected chi connectivity index (χ2v) is 5.34. The van der Waals surface area contributed by atoms with Gasteiger partial charge in [0.25, 0.3) is 0 Å². The SMILES string of the molecule is CC(CN1CCC(CO)C1)C(=O)c1ccccc1F. The van der Waals surface area contributed by atoms with E-state index in [2.05, 4.69) is 4.90 Å². The van der Waals surface area contributed by atoms with Gasteiger partial charge in [-0.05, 0) is 31.0 Å². The lowest BCUT2D eigenvalue weighted by atomic mass is 9.98. The molecule has 0 saturated carbocycles. The number of halogens is 1. The number of aliphatic hydroxyl groups is 1. The van der Waals surface area contributed by atoms with Gasteiger partial charge in [-0.2, -0.15) is 0 Å². The molecule has 1 aromatic carbocycles. The summed E-state index contributed by atoms with van der Waals surface area (Å²) in [5, 5.41) is 9.10. The van der Waals surface area contributed by atoms with Gasteiger partial charge in [-0.25, -0.2) is 4.39 Å². The third kappa shape index (κ3) is 3.39. The molecule has 104 valence electrons. The van der Waals surface area contributed by atoms with Crippen LogP contribution in [0.5, 0.6) is 0 Å². The summed E-state index contributed by atoms with van der Waals surface area (Å²) in [7, 11) is 0. The van der Waals surface area contributed by atoms with Gasteiger partial charge in [-0.1, -0.05) is 19.1 Å². The first-order valence-electron chi connectivity index (χ1n) is 6.73. The molecular weight excluding hydrogens is 245 g/mol. The Kier molecular flexibility index (Phi) is 4.66. The first kappa shape index (κ1) is 14.2. The van der Waals surface area contributed by atoms with Crippen LogP contribution in [-0.2, 0) is 0 Å². The lowest BCUT2D eigenvalue weighted by Crippen LogP contribution is -2.31. The monoisotopic (exact) mass is 265 g/mol. The Morgan fingerprint density at radius 3 is 2.89 bits per heavy atom. The third-order valence-corrected chi connectivity index (χ3v) is 3.75. The summed E-state index contributed by atoms with van der Waals surface area (Å²) in [6.07, 6.45) is 0.969. The number of rotatable bonds is 5. The number of ketones is 1. The molecule has 1 aromatic rings. The highest BCUT2D eigenvalue weighted by atomic mass is 19.1. The van der Waals surface area contributed by atoms with Crippen molar-refractivity contribution in [1.29, 1.82) is 0 Å². The van der Waals surface area contributed by atoms with Crippen molar-refractivity contribution in [1.82, 2.24) is 4.90 Å². The fraction of sp³-hybridized carbons (Fsp3) is 0.533. The lowest BCUT2D eigenvalue weighted by molar-refractivity contribution is 0.0896. The minimum absolute atomic E-state index is 0.148. The van der Waals surface area contributed by atoms with E-state index >= 15 is 0 Å². The zero-order valence-corrected chi connectivity index (χ0v) is 11.2. The first-order chi connectivity index (χ1) is 9.11. The van der Waals surface area contributed by atoms with Crippen LogP contribution in [0.1, 0.15) is 23.7 Å². The predicted molar refractivity (Wildman–Crippen MR) is 71.5 cm³/mol. The van der Waals surface area contributed by atoms with Gasteiger partial charge in [0.2, 0.25) is 0 Å². The van der Waals surface area contributed by atoms with E-state index in [0.717, 1.165) is 19.5 Å². The number of carbonyl (C=O) groups is 1. The average Bonchev–Trinajstić information content (AvgIpc) is 2.86. The Morgan fingerprint density at radius 2 is 2.26 bits per heavy atom. The Balaban J connectivity index is 1.95. The van der Waals surface area contributed by atoms with Crippen LogP contribution in [0.2, 0.25) is 0 Å². The zero-order chi connectivity index (χ0) is 13.8. The van der Waals surface area contributed by atoms with Crippen molar-refractivity contribution in [3.8, 4) is 0 Å². The number of aliphatic hydroxyl groups excluding tert-OH is 1. The number of Topliss-reactive ketones (excluding diaryl/α,β-unsaturated/α-hetero) is 1. The number of carbonyl (C=O) groups excluding carboxylic acids is 1. The third-order valence-electron chi connectivity index (χ3n) is 3.75. The van der Waals surface area contributed by atoms with Crippen molar-refractivity contribution in [2.45, 2.75) is 13.3 Å². The van der Waals surface area contributed by atoms with Gasteiger partial charge in [-0.3, -0.25) is 4.79 Å². The summed E-state index contributed by atoms with van der Waals surface area (Å²) < 4.78 is 13.6. The van der Waals surface area contributed by atoms with Crippen molar-refractivity contribution in [3.05, 3.63) is 35.6 Å². The molecule has 19 heavy (non-hydrogen) atoms. The van der Waals surface area contributed by atoms with Gasteiger partial charge >= 0.3 is 0 Å². The minimum atomic E-state index is -0.450. The van der Waals surface area contributed by atoms with Crippen molar-refractivity contribution >= 4 is 5.78 Å². The quantitative estimate of drug-likeness (QED) is 0.827. The molecule has 2 unspecified atom stereocenters. The normalized spacial score (nSPS) is 21.5. The largest absolute Gasteiger partial charge is 0.396 e. The molecule has 2 rings (SSSR count). The maximum absolute atomic E-state index is 13.6. The maximum Gasteiger partial charge on any atom is 0.169 e. The summed E-state index contributed by atoms with van der Waals surface area (Å²) in [6.45, 7) is 4.39. The van der Waals surface area contributed by atoms with Gasteiger partial charge in [0, 0.05) is 25.6 Å². The van der Waals surface area contributed by atoms with Crippen LogP contribution in [0.3, 0.4) is 0 Å². The summed E-state index contributed by atoms with van der Waals surface area (Å²) in [4.78, 5) is 14.4. The average molecular weight is 265 g/mol. The van der Waals surface area contributed by atoms with Crippen molar-refractivity contribution in [3.63, 3.8) is 0 Å². The van der Waals surface area contributed by atoms with Crippen LogP contribution >= 0.6 is 0 Å². The molecule has 0 radical (unpaired) electrons. The van der Waals surface area contributed by atoms with Crippen LogP contribution < -0.4 is 0 Å². The summed E-state index contributed by atoms with van der Waals surface area (Å²) in [6, 6.07) is 6.12. The van der Waals surface area contributed by atoms with Crippen molar-refractivity contribution in [2.75, 3.05) is 26.2 Å². The van der Waals surface area contributed by atoms with Crippen LogP contribution in [0.25, 0.3) is 0 Å². The number of likely N-dealkylation sites (tertiary alicyclic amines) is 1. The topological polar surface area (TPSA) is 40.5 Å². The van der Waals surface area contributed by atoms with Crippen LogP contribution in [-0.4, -0.2) is 42.0 Å². The van der Waals surface area contributed by atoms with Crippen LogP contribution in [0.15, 0.2) is 24.3 Å². The molecule has 1 heterocycles. The van der Waals surface area contributed by atoms with E-state index in [1.165, 1.54) is 12.1 Å². The standard InChI is InChI=1S/C15H20FNO2/c1-11(8-17-7-6-12(9-17)10-18)15(19)13-4-2-3-5-14(13)16/h2-5,11-12,18H,6-10H2,1H3. The summed E-state index contributed by atoms with van der Waals surface area (Å²) in [5.41, 5.74) is 0.174. The fourth-order valence-electron chi connectivity index (χ4n) is 2.62. The molecule has 2 atom stereocenters. The molecule has 0 spiro atoms. The van der Waals surface area contributed by atoms with Crippen LogP contribution in [0.4, 0.5) is 4.39 Å². The molecular formula is C15H20FNO2. The maximum atomic E-state index is 13.6. The Morgan fingerprint density at radius 1 is 1.53 bits per heavy atom. The highest BCUT2D eigenvalue weighted by molar-refractivity contribution is 5.98. The van der Waals surface area contributed by atoms with Crippen LogP contribution in [0, 0.1) is 17.7 Å². The van der Waals surface area contributed by atoms with E-state index in [1.807, 2.05) is 6.92 Å². The first-order valence-corrected chi connectivity index (χ1v) is 6.73. The molecule has 1 saturated heterocycles. The molecule has 3 nitrogen and oxygen atoms in total. The second-order valence-electron chi connectivity index (χ2n) is 5.34. The van der Waals surface area contributed by atoms with Gasteiger partial charge in [0.1, 0.15) is 5.82 Å². The molecule has 0 amide bonds. The van der Waals surface area contributed by atoms with E-state index in [-0.39, 0.29) is 23.9 Å². The van der Waals surface area contributed by atoms with E-state index in [1.54, 1.807) is 12.1 Å². The van der Waals surface area contributed by atoms with Gasteiger partial charge in [-0.15, -0.1) is 0 Å². The Hall–Kier alpha value is -1.26. The highest BCUT2D eigenvalue weighted by Crippen LogP contribution is 2.19. The summed E-state index contributed by atoms with van der Waals surface area (Å²) in [5.74, 6) is -0.510. The van der Waals surface area contributed by atoms with Gasteiger partial charge in [0.15, 0.2) is 5.78 Å². The molecule has 1 N–H and O–H groups in total. The molecule has 1 aliphatic rings. The Labute approximate surface area is 113 Å². The lowest BCUT2D eigenvalue weighted by Gasteiger charge is -2.20. The van der Waals surface area contributed by atoms with Crippen molar-refractivity contribution in [2.24, 2.45) is 11.8 Å². The number of hydrogen-bond acceptors (Lipinski definition) is 3. The predicted octanol–water partition coefficient (Wildman–Crippen LogP) is 1.96. The zero-order valence-electron chi connectivity index (χ0n) is 11.2. The van der Waals surface area contributed by atoms with E-state index in [0.29, 0.717) is 12.5 Å². The fourth-order valence-corrected chi connectivity index (χ4v) is 2.62. The number of hydrogen-bond donors (Lipinski definition) is 1. The Bertz CT molecular complexity index is 450. The molecule has 0 aromatic heterocycles. The smallest absolute Gasteiger partial charge is 0.169 e. The second kappa shape index (κ2) is 6.26. The van der Waals surface area contributed by atoms with Gasteiger partial charge in [0.05, 0.1) is 5.56 Å². The van der Waals surface area contributed by atoms with E-state index < -0.39 is 5.82 Å². The number of nitrogens with zero attached hydrogens (tertiary/aromatic N) is 1. The molecule has 4 heteroatoms. The summed E-state index contributed by atoms with van der Waals surface area (Å²) >= 11 is 0. The number of benzene rings is 1. The van der Waals surface area contributed by atoms with Gasteiger partial charge < -0.3 is 10.0 Å². The minimum Gasteiger partial charge on any atom is -0.396 e. The molecule has 1 fully saturated rings.